The quantitative estimate of drug-likeness (QED) is 0.728. The van der Waals surface area contributed by atoms with Gasteiger partial charge in [-0.1, -0.05) is 13.8 Å². The first-order valence-corrected chi connectivity index (χ1v) is 9.19. The molecule has 0 atom stereocenters. The predicted molar refractivity (Wildman–Crippen MR) is 101 cm³/mol. The van der Waals surface area contributed by atoms with E-state index in [9.17, 15) is 4.79 Å². The molecule has 2 aromatic heterocycles. The number of aromatic nitrogens is 4. The van der Waals surface area contributed by atoms with Crippen molar-refractivity contribution in [2.24, 2.45) is 5.92 Å². The van der Waals surface area contributed by atoms with Gasteiger partial charge >= 0.3 is 0 Å². The van der Waals surface area contributed by atoms with E-state index in [0.29, 0.717) is 31.3 Å². The predicted octanol–water partition coefficient (Wildman–Crippen LogP) is 3.03. The third-order valence-electron chi connectivity index (χ3n) is 4.60. The summed E-state index contributed by atoms with van der Waals surface area (Å²) in [7, 11) is 0. The van der Waals surface area contributed by atoms with E-state index in [2.05, 4.69) is 34.0 Å². The fraction of sp³-hybridized carbons (Fsp3) is 0.350. The van der Waals surface area contributed by atoms with Gasteiger partial charge in [-0.3, -0.25) is 9.89 Å². The minimum absolute atomic E-state index is 0.0501. The zero-order valence-corrected chi connectivity index (χ0v) is 15.5. The van der Waals surface area contributed by atoms with Crippen LogP contribution in [0.25, 0.3) is 11.3 Å². The Bertz CT molecular complexity index is 926. The summed E-state index contributed by atoms with van der Waals surface area (Å²) in [5, 5.41) is 7.18. The second-order valence-corrected chi connectivity index (χ2v) is 7.20. The summed E-state index contributed by atoms with van der Waals surface area (Å²) in [5.41, 5.74) is 4.23. The SMILES string of the molecule is CC(C)COc1ccc(-c2cc(C(=O)N3CCc4nc[nH]c4C3)[nH]n2)cc1. The lowest BCUT2D eigenvalue weighted by atomic mass is 10.1. The Kier molecular flexibility index (Phi) is 4.66. The third kappa shape index (κ3) is 3.72. The van der Waals surface area contributed by atoms with Gasteiger partial charge in [0.25, 0.3) is 5.91 Å². The number of H-pyrrole nitrogens is 2. The number of amides is 1. The minimum atomic E-state index is -0.0501. The zero-order valence-electron chi connectivity index (χ0n) is 15.5. The van der Waals surface area contributed by atoms with E-state index in [4.69, 9.17) is 4.74 Å². The molecular weight excluding hydrogens is 342 g/mol. The molecule has 0 saturated heterocycles. The average Bonchev–Trinajstić information content (AvgIpc) is 3.35. The van der Waals surface area contributed by atoms with E-state index in [1.54, 1.807) is 17.3 Å². The smallest absolute Gasteiger partial charge is 0.272 e. The molecule has 27 heavy (non-hydrogen) atoms. The average molecular weight is 365 g/mol. The Labute approximate surface area is 157 Å². The molecule has 7 nitrogen and oxygen atoms in total. The van der Waals surface area contributed by atoms with Crippen molar-refractivity contribution >= 4 is 5.91 Å². The van der Waals surface area contributed by atoms with E-state index in [0.717, 1.165) is 34.8 Å². The fourth-order valence-electron chi connectivity index (χ4n) is 3.12. The number of rotatable bonds is 5. The molecule has 0 fully saturated rings. The Balaban J connectivity index is 1.44. The molecule has 1 aromatic carbocycles. The number of ether oxygens (including phenoxy) is 1. The first-order chi connectivity index (χ1) is 13.1. The molecule has 140 valence electrons. The molecule has 2 N–H and O–H groups in total. The molecule has 0 radical (unpaired) electrons. The van der Waals surface area contributed by atoms with Crippen LogP contribution in [0.1, 0.15) is 35.7 Å². The molecule has 0 unspecified atom stereocenters. The normalized spacial score (nSPS) is 13.7. The lowest BCUT2D eigenvalue weighted by Gasteiger charge is -2.25. The van der Waals surface area contributed by atoms with Gasteiger partial charge in [0.2, 0.25) is 0 Å². The summed E-state index contributed by atoms with van der Waals surface area (Å²) < 4.78 is 5.71. The highest BCUT2D eigenvalue weighted by molar-refractivity contribution is 5.93. The topological polar surface area (TPSA) is 86.9 Å². The van der Waals surface area contributed by atoms with E-state index in [1.807, 2.05) is 24.3 Å². The number of nitrogens with one attached hydrogen (secondary N) is 2. The Morgan fingerprint density at radius 3 is 2.89 bits per heavy atom. The maximum absolute atomic E-state index is 12.8. The van der Waals surface area contributed by atoms with Crippen LogP contribution in [0, 0.1) is 5.92 Å². The van der Waals surface area contributed by atoms with Crippen molar-refractivity contribution in [1.29, 1.82) is 0 Å². The van der Waals surface area contributed by atoms with Crippen LogP contribution >= 0.6 is 0 Å². The van der Waals surface area contributed by atoms with E-state index in [1.165, 1.54) is 0 Å². The van der Waals surface area contributed by atoms with Gasteiger partial charge in [-0.25, -0.2) is 4.98 Å². The van der Waals surface area contributed by atoms with Gasteiger partial charge in [-0.15, -0.1) is 0 Å². The van der Waals surface area contributed by atoms with Crippen LogP contribution in [0.2, 0.25) is 0 Å². The van der Waals surface area contributed by atoms with Gasteiger partial charge in [0.05, 0.1) is 36.6 Å². The van der Waals surface area contributed by atoms with Crippen LogP contribution in [0.3, 0.4) is 0 Å². The number of imidazole rings is 1. The second kappa shape index (κ2) is 7.26. The lowest BCUT2D eigenvalue weighted by Crippen LogP contribution is -2.36. The van der Waals surface area contributed by atoms with E-state index in [-0.39, 0.29) is 5.91 Å². The van der Waals surface area contributed by atoms with Crippen LogP contribution in [-0.2, 0) is 13.0 Å². The highest BCUT2D eigenvalue weighted by atomic mass is 16.5. The summed E-state index contributed by atoms with van der Waals surface area (Å²) in [6.07, 6.45) is 2.45. The number of fused-ring (bicyclic) bond motifs is 1. The van der Waals surface area contributed by atoms with E-state index < -0.39 is 0 Å². The van der Waals surface area contributed by atoms with Gasteiger partial charge in [0.1, 0.15) is 11.4 Å². The first-order valence-electron chi connectivity index (χ1n) is 9.19. The lowest BCUT2D eigenvalue weighted by molar-refractivity contribution is 0.0726. The van der Waals surface area contributed by atoms with Gasteiger partial charge in [-0.2, -0.15) is 5.10 Å². The number of hydrogen-bond donors (Lipinski definition) is 2. The van der Waals surface area contributed by atoms with Crippen molar-refractivity contribution in [3.63, 3.8) is 0 Å². The molecule has 1 amide bonds. The molecule has 4 rings (SSSR count). The summed E-state index contributed by atoms with van der Waals surface area (Å²) in [6.45, 7) is 6.13. The van der Waals surface area contributed by atoms with E-state index >= 15 is 0 Å². The minimum Gasteiger partial charge on any atom is -0.493 e. The zero-order chi connectivity index (χ0) is 18.8. The highest BCUT2D eigenvalue weighted by Crippen LogP contribution is 2.23. The molecule has 0 bridgehead atoms. The highest BCUT2D eigenvalue weighted by Gasteiger charge is 2.24. The molecule has 0 spiro atoms. The van der Waals surface area contributed by atoms with Crippen molar-refractivity contribution in [1.82, 2.24) is 25.1 Å². The first kappa shape index (κ1) is 17.3. The molecule has 7 heteroatoms. The summed E-state index contributed by atoms with van der Waals surface area (Å²) in [4.78, 5) is 22.0. The molecule has 0 aliphatic carbocycles. The van der Waals surface area contributed by atoms with Crippen LogP contribution < -0.4 is 4.74 Å². The molecular formula is C20H23N5O2. The Morgan fingerprint density at radius 2 is 2.11 bits per heavy atom. The summed E-state index contributed by atoms with van der Waals surface area (Å²) in [6, 6.07) is 9.57. The van der Waals surface area contributed by atoms with Crippen LogP contribution in [0.4, 0.5) is 0 Å². The number of benzene rings is 1. The molecule has 3 heterocycles. The van der Waals surface area contributed by atoms with Crippen molar-refractivity contribution in [2.45, 2.75) is 26.8 Å². The maximum atomic E-state index is 12.8. The molecule has 1 aliphatic heterocycles. The maximum Gasteiger partial charge on any atom is 0.272 e. The van der Waals surface area contributed by atoms with Gasteiger partial charge in [0.15, 0.2) is 0 Å². The fourth-order valence-corrected chi connectivity index (χ4v) is 3.12. The number of aromatic amines is 2. The summed E-state index contributed by atoms with van der Waals surface area (Å²) in [5.74, 6) is 1.27. The van der Waals surface area contributed by atoms with Crippen molar-refractivity contribution < 1.29 is 9.53 Å². The van der Waals surface area contributed by atoms with Crippen LogP contribution in [0.5, 0.6) is 5.75 Å². The summed E-state index contributed by atoms with van der Waals surface area (Å²) >= 11 is 0. The molecule has 1 aliphatic rings. The Morgan fingerprint density at radius 1 is 1.30 bits per heavy atom. The third-order valence-corrected chi connectivity index (χ3v) is 4.60. The second-order valence-electron chi connectivity index (χ2n) is 7.20. The number of carbonyl (C=O) groups excluding carboxylic acids is 1. The van der Waals surface area contributed by atoms with Crippen LogP contribution in [0.15, 0.2) is 36.7 Å². The largest absolute Gasteiger partial charge is 0.493 e. The number of hydrogen-bond acceptors (Lipinski definition) is 4. The van der Waals surface area contributed by atoms with Crippen molar-refractivity contribution in [3.05, 3.63) is 53.7 Å². The van der Waals surface area contributed by atoms with Crippen molar-refractivity contribution in [3.8, 4) is 17.0 Å². The van der Waals surface area contributed by atoms with Gasteiger partial charge in [-0.05, 0) is 36.2 Å². The van der Waals surface area contributed by atoms with Crippen molar-refractivity contribution in [2.75, 3.05) is 13.2 Å². The monoisotopic (exact) mass is 365 g/mol. The number of carbonyl (C=O) groups is 1. The molecule has 0 saturated carbocycles. The molecule has 3 aromatic rings. The van der Waals surface area contributed by atoms with Gasteiger partial charge in [0, 0.05) is 18.5 Å². The van der Waals surface area contributed by atoms with Gasteiger partial charge < -0.3 is 14.6 Å². The number of nitrogens with zero attached hydrogens (tertiary/aromatic N) is 3. The van der Waals surface area contributed by atoms with Crippen LogP contribution in [-0.4, -0.2) is 44.1 Å². The Hall–Kier alpha value is -3.09. The standard InChI is InChI=1S/C20H23N5O2/c1-13(2)11-27-15-5-3-14(4-6-15)17-9-18(24-23-17)20(26)25-8-7-16-19(10-25)22-12-21-16/h3-6,9,12-13H,7-8,10-11H2,1-2H3,(H,21,22)(H,23,24).